The van der Waals surface area contributed by atoms with Crippen molar-refractivity contribution in [2.75, 3.05) is 5.73 Å². The van der Waals surface area contributed by atoms with Crippen LogP contribution in [0.2, 0.25) is 0 Å². The van der Waals surface area contributed by atoms with Crippen molar-refractivity contribution in [3.63, 3.8) is 0 Å². The highest BCUT2D eigenvalue weighted by atomic mass is 32.2. The minimum absolute atomic E-state index is 0.0203. The van der Waals surface area contributed by atoms with E-state index in [1.54, 1.807) is 0 Å². The lowest BCUT2D eigenvalue weighted by molar-refractivity contribution is 0.560. The van der Waals surface area contributed by atoms with Gasteiger partial charge < -0.3 is 5.73 Å². The molecular formula is C13H18FNO2S. The van der Waals surface area contributed by atoms with Gasteiger partial charge in [0, 0.05) is 5.69 Å². The fourth-order valence-corrected chi connectivity index (χ4v) is 4.41. The SMILES string of the molecule is Nc1cc(F)cc(S(=O)(=O)C2CCCCCC2)c1. The Hall–Kier alpha value is -1.10. The van der Waals surface area contributed by atoms with Gasteiger partial charge in [0.25, 0.3) is 0 Å². The van der Waals surface area contributed by atoms with Gasteiger partial charge in [0.15, 0.2) is 9.84 Å². The summed E-state index contributed by atoms with van der Waals surface area (Å²) in [5.74, 6) is -0.595. The molecule has 1 aliphatic carbocycles. The molecule has 1 aliphatic rings. The molecule has 5 heteroatoms. The van der Waals surface area contributed by atoms with Crippen molar-refractivity contribution in [3.05, 3.63) is 24.0 Å². The van der Waals surface area contributed by atoms with Gasteiger partial charge in [0.2, 0.25) is 0 Å². The number of sulfone groups is 1. The molecule has 3 nitrogen and oxygen atoms in total. The molecule has 100 valence electrons. The van der Waals surface area contributed by atoms with Crippen molar-refractivity contribution < 1.29 is 12.8 Å². The maximum atomic E-state index is 13.3. The second-order valence-corrected chi connectivity index (χ2v) is 7.11. The van der Waals surface area contributed by atoms with Gasteiger partial charge in [-0.05, 0) is 31.0 Å². The molecule has 1 saturated carbocycles. The number of nitrogens with two attached hydrogens (primary N) is 1. The molecule has 18 heavy (non-hydrogen) atoms. The van der Waals surface area contributed by atoms with Gasteiger partial charge in [-0.15, -0.1) is 0 Å². The Morgan fingerprint density at radius 3 is 2.22 bits per heavy atom. The van der Waals surface area contributed by atoms with Gasteiger partial charge in [-0.2, -0.15) is 0 Å². The summed E-state index contributed by atoms with van der Waals surface area (Å²) in [7, 11) is -3.45. The number of rotatable bonds is 2. The minimum Gasteiger partial charge on any atom is -0.399 e. The maximum Gasteiger partial charge on any atom is 0.181 e. The van der Waals surface area contributed by atoms with Crippen molar-refractivity contribution >= 4 is 15.5 Å². The van der Waals surface area contributed by atoms with E-state index >= 15 is 0 Å². The molecule has 2 rings (SSSR count). The van der Waals surface area contributed by atoms with Gasteiger partial charge in [-0.3, -0.25) is 0 Å². The van der Waals surface area contributed by atoms with Gasteiger partial charge in [-0.25, -0.2) is 12.8 Å². The van der Waals surface area contributed by atoms with E-state index in [4.69, 9.17) is 5.73 Å². The zero-order chi connectivity index (χ0) is 13.2. The predicted molar refractivity (Wildman–Crippen MR) is 69.5 cm³/mol. The number of anilines is 1. The van der Waals surface area contributed by atoms with Gasteiger partial charge in [-0.1, -0.05) is 25.7 Å². The molecule has 2 N–H and O–H groups in total. The van der Waals surface area contributed by atoms with Crippen LogP contribution >= 0.6 is 0 Å². The highest BCUT2D eigenvalue weighted by molar-refractivity contribution is 7.92. The predicted octanol–water partition coefficient (Wildman–Crippen LogP) is 2.90. The lowest BCUT2D eigenvalue weighted by Gasteiger charge is -2.15. The van der Waals surface area contributed by atoms with Crippen LogP contribution in [0.4, 0.5) is 10.1 Å². The Morgan fingerprint density at radius 1 is 1.06 bits per heavy atom. The normalized spacial score (nSPS) is 18.5. The van der Waals surface area contributed by atoms with Gasteiger partial charge in [0.1, 0.15) is 5.82 Å². The minimum atomic E-state index is -3.45. The molecule has 1 aromatic rings. The Labute approximate surface area is 107 Å². The summed E-state index contributed by atoms with van der Waals surface area (Å²) in [5, 5.41) is -0.388. The lowest BCUT2D eigenvalue weighted by Crippen LogP contribution is -2.21. The highest BCUT2D eigenvalue weighted by Crippen LogP contribution is 2.29. The van der Waals surface area contributed by atoms with Crippen LogP contribution in [0.15, 0.2) is 23.1 Å². The number of hydrogen-bond acceptors (Lipinski definition) is 3. The van der Waals surface area contributed by atoms with E-state index in [0.29, 0.717) is 12.8 Å². The summed E-state index contributed by atoms with van der Waals surface area (Å²) < 4.78 is 38.1. The molecule has 0 amide bonds. The zero-order valence-corrected chi connectivity index (χ0v) is 11.0. The second-order valence-electron chi connectivity index (χ2n) is 4.88. The third-order valence-electron chi connectivity index (χ3n) is 3.46. The molecule has 0 radical (unpaired) electrons. The van der Waals surface area contributed by atoms with E-state index < -0.39 is 15.7 Å². The Kier molecular flexibility index (Phi) is 3.90. The molecule has 1 fully saturated rings. The monoisotopic (exact) mass is 271 g/mol. The first-order valence-electron chi connectivity index (χ1n) is 6.30. The summed E-state index contributed by atoms with van der Waals surface area (Å²) in [6, 6.07) is 3.55. The standard InChI is InChI=1S/C13H18FNO2S/c14-10-7-11(15)9-13(8-10)18(16,17)12-5-3-1-2-4-6-12/h7-9,12H,1-6,15H2. The van der Waals surface area contributed by atoms with E-state index in [0.717, 1.165) is 37.8 Å². The van der Waals surface area contributed by atoms with Crippen molar-refractivity contribution in [1.29, 1.82) is 0 Å². The van der Waals surface area contributed by atoms with Gasteiger partial charge >= 0.3 is 0 Å². The average Bonchev–Trinajstić information content (AvgIpc) is 2.56. The third-order valence-corrected chi connectivity index (χ3v) is 5.71. The maximum absolute atomic E-state index is 13.3. The molecule has 0 unspecified atom stereocenters. The fraction of sp³-hybridized carbons (Fsp3) is 0.538. The molecule has 0 atom stereocenters. The number of halogens is 1. The average molecular weight is 271 g/mol. The van der Waals surface area contributed by atoms with E-state index in [9.17, 15) is 12.8 Å². The van der Waals surface area contributed by atoms with Crippen molar-refractivity contribution in [2.24, 2.45) is 0 Å². The van der Waals surface area contributed by atoms with Crippen molar-refractivity contribution in [2.45, 2.75) is 48.7 Å². The first-order chi connectivity index (χ1) is 8.50. The molecule has 0 aliphatic heterocycles. The van der Waals surface area contributed by atoms with E-state index in [1.165, 1.54) is 6.07 Å². The Balaban J connectivity index is 2.34. The van der Waals surface area contributed by atoms with Crippen LogP contribution in [-0.4, -0.2) is 13.7 Å². The van der Waals surface area contributed by atoms with Crippen LogP contribution in [-0.2, 0) is 9.84 Å². The fourth-order valence-electron chi connectivity index (χ4n) is 2.49. The van der Waals surface area contributed by atoms with E-state index in [2.05, 4.69) is 0 Å². The van der Waals surface area contributed by atoms with Crippen molar-refractivity contribution in [1.82, 2.24) is 0 Å². The summed E-state index contributed by atoms with van der Waals surface area (Å²) in [5.41, 5.74) is 5.67. The number of benzene rings is 1. The lowest BCUT2D eigenvalue weighted by atomic mass is 10.2. The van der Waals surface area contributed by atoms with E-state index in [-0.39, 0.29) is 15.8 Å². The molecule has 0 aromatic heterocycles. The van der Waals surface area contributed by atoms with Crippen LogP contribution in [0.3, 0.4) is 0 Å². The largest absolute Gasteiger partial charge is 0.399 e. The molecule has 0 heterocycles. The summed E-state index contributed by atoms with van der Waals surface area (Å²) in [4.78, 5) is 0.0203. The Bertz CT molecular complexity index is 500. The zero-order valence-electron chi connectivity index (χ0n) is 10.2. The van der Waals surface area contributed by atoms with Crippen LogP contribution in [0, 0.1) is 5.82 Å². The summed E-state index contributed by atoms with van der Waals surface area (Å²) in [6.07, 6.45) is 5.34. The topological polar surface area (TPSA) is 60.2 Å². The molecule has 0 bridgehead atoms. The van der Waals surface area contributed by atoms with Crippen LogP contribution in [0.25, 0.3) is 0 Å². The first-order valence-corrected chi connectivity index (χ1v) is 7.85. The smallest absolute Gasteiger partial charge is 0.181 e. The summed E-state index contributed by atoms with van der Waals surface area (Å²) >= 11 is 0. The third kappa shape index (κ3) is 2.83. The molecule has 0 spiro atoms. The molecular weight excluding hydrogens is 253 g/mol. The molecule has 1 aromatic carbocycles. The summed E-state index contributed by atoms with van der Waals surface area (Å²) in [6.45, 7) is 0. The molecule has 0 saturated heterocycles. The van der Waals surface area contributed by atoms with Crippen LogP contribution in [0.5, 0.6) is 0 Å². The highest BCUT2D eigenvalue weighted by Gasteiger charge is 2.28. The van der Waals surface area contributed by atoms with Gasteiger partial charge in [0.05, 0.1) is 10.1 Å². The van der Waals surface area contributed by atoms with Crippen LogP contribution < -0.4 is 5.73 Å². The first kappa shape index (κ1) is 13.3. The van der Waals surface area contributed by atoms with Crippen LogP contribution in [0.1, 0.15) is 38.5 Å². The quantitative estimate of drug-likeness (QED) is 0.664. The van der Waals surface area contributed by atoms with Crippen molar-refractivity contribution in [3.8, 4) is 0 Å². The van der Waals surface area contributed by atoms with E-state index in [1.807, 2.05) is 0 Å². The Morgan fingerprint density at radius 2 is 1.67 bits per heavy atom. The number of nitrogen functional groups attached to an aromatic ring is 1. The number of hydrogen-bond donors (Lipinski definition) is 1. The second kappa shape index (κ2) is 5.26.